The molecule has 0 atom stereocenters. The molecule has 0 saturated carbocycles. The lowest BCUT2D eigenvalue weighted by Gasteiger charge is -2.10. The molecule has 30 heavy (non-hydrogen) atoms. The van der Waals surface area contributed by atoms with Crippen molar-refractivity contribution in [3.05, 3.63) is 70.8 Å². The van der Waals surface area contributed by atoms with E-state index < -0.39 is 24.5 Å². The van der Waals surface area contributed by atoms with Crippen molar-refractivity contribution < 1.29 is 23.9 Å². The van der Waals surface area contributed by atoms with Gasteiger partial charge < -0.3 is 14.8 Å². The molecule has 0 bridgehead atoms. The van der Waals surface area contributed by atoms with E-state index in [-0.39, 0.29) is 16.8 Å². The van der Waals surface area contributed by atoms with E-state index in [1.54, 1.807) is 30.3 Å². The third-order valence-electron chi connectivity index (χ3n) is 4.20. The van der Waals surface area contributed by atoms with Gasteiger partial charge in [-0.05, 0) is 35.3 Å². The number of rotatable bonds is 7. The number of amides is 1. The minimum absolute atomic E-state index is 0.169. The Morgan fingerprint density at radius 3 is 2.37 bits per heavy atom. The highest BCUT2D eigenvalue weighted by Crippen LogP contribution is 2.17. The maximum Gasteiger partial charge on any atom is 0.349 e. The van der Waals surface area contributed by atoms with Crippen molar-refractivity contribution in [1.29, 1.82) is 5.26 Å². The van der Waals surface area contributed by atoms with Crippen molar-refractivity contribution in [3.63, 3.8) is 0 Å². The molecule has 2 aromatic rings. The summed E-state index contributed by atoms with van der Waals surface area (Å²) in [5.41, 5.74) is 1.98. The van der Waals surface area contributed by atoms with Crippen LogP contribution in [0.1, 0.15) is 41.3 Å². The topological polar surface area (TPSA) is 105 Å². The van der Waals surface area contributed by atoms with Crippen molar-refractivity contribution in [3.8, 4) is 6.07 Å². The van der Waals surface area contributed by atoms with Gasteiger partial charge in [0.15, 0.2) is 6.61 Å². The van der Waals surface area contributed by atoms with E-state index in [9.17, 15) is 19.6 Å². The SMILES string of the molecule is COC(=O)c1ccccc1NC(=O)COC(=O)/C(C#N)=C/c1ccc(C(C)C)cc1. The fraction of sp³-hybridized carbons (Fsp3) is 0.217. The molecule has 0 fully saturated rings. The summed E-state index contributed by atoms with van der Waals surface area (Å²) in [5, 5.41) is 11.7. The largest absolute Gasteiger partial charge is 0.465 e. The predicted octanol–water partition coefficient (Wildman–Crippen LogP) is 3.69. The summed E-state index contributed by atoms with van der Waals surface area (Å²) in [4.78, 5) is 36.0. The zero-order valence-electron chi connectivity index (χ0n) is 17.0. The number of para-hydroxylation sites is 1. The molecule has 0 aromatic heterocycles. The van der Waals surface area contributed by atoms with Crippen LogP contribution in [0, 0.1) is 11.3 Å². The number of carbonyl (C=O) groups excluding carboxylic acids is 3. The number of benzene rings is 2. The maximum atomic E-state index is 12.2. The minimum atomic E-state index is -0.915. The summed E-state index contributed by atoms with van der Waals surface area (Å²) >= 11 is 0. The highest BCUT2D eigenvalue weighted by atomic mass is 16.5. The summed E-state index contributed by atoms with van der Waals surface area (Å²) in [7, 11) is 1.23. The molecule has 2 aromatic carbocycles. The van der Waals surface area contributed by atoms with Crippen LogP contribution in [0.15, 0.2) is 54.1 Å². The van der Waals surface area contributed by atoms with Gasteiger partial charge in [0.25, 0.3) is 5.91 Å². The molecular weight excluding hydrogens is 384 g/mol. The van der Waals surface area contributed by atoms with Crippen LogP contribution >= 0.6 is 0 Å². The van der Waals surface area contributed by atoms with Crippen molar-refractivity contribution in [2.75, 3.05) is 19.0 Å². The number of carbonyl (C=O) groups is 3. The monoisotopic (exact) mass is 406 g/mol. The van der Waals surface area contributed by atoms with E-state index in [2.05, 4.69) is 23.9 Å². The van der Waals surface area contributed by atoms with E-state index in [1.165, 1.54) is 25.3 Å². The van der Waals surface area contributed by atoms with Crippen LogP contribution in [-0.2, 0) is 19.1 Å². The highest BCUT2D eigenvalue weighted by Gasteiger charge is 2.16. The Morgan fingerprint density at radius 1 is 1.10 bits per heavy atom. The molecule has 0 saturated heterocycles. The van der Waals surface area contributed by atoms with Crippen LogP contribution in [0.25, 0.3) is 6.08 Å². The average molecular weight is 406 g/mol. The summed E-state index contributed by atoms with van der Waals surface area (Å²) in [6, 6.07) is 15.5. The quantitative estimate of drug-likeness (QED) is 0.427. The fourth-order valence-corrected chi connectivity index (χ4v) is 2.56. The number of methoxy groups -OCH3 is 1. The predicted molar refractivity (Wildman–Crippen MR) is 111 cm³/mol. The number of hydrogen-bond acceptors (Lipinski definition) is 6. The van der Waals surface area contributed by atoms with Gasteiger partial charge in [-0.3, -0.25) is 4.79 Å². The van der Waals surface area contributed by atoms with Crippen LogP contribution in [-0.4, -0.2) is 31.6 Å². The van der Waals surface area contributed by atoms with Gasteiger partial charge in [0.1, 0.15) is 11.6 Å². The fourth-order valence-electron chi connectivity index (χ4n) is 2.56. The third kappa shape index (κ3) is 6.04. The Morgan fingerprint density at radius 2 is 1.77 bits per heavy atom. The van der Waals surface area contributed by atoms with Crippen LogP contribution in [0.5, 0.6) is 0 Å². The lowest BCUT2D eigenvalue weighted by Crippen LogP contribution is -2.22. The second-order valence-electron chi connectivity index (χ2n) is 6.65. The maximum absolute atomic E-state index is 12.2. The molecular formula is C23H22N2O5. The molecule has 0 aliphatic rings. The van der Waals surface area contributed by atoms with Crippen molar-refractivity contribution >= 4 is 29.6 Å². The normalized spacial score (nSPS) is 10.8. The minimum Gasteiger partial charge on any atom is -0.465 e. The molecule has 1 N–H and O–H groups in total. The molecule has 2 rings (SSSR count). The number of esters is 2. The number of ether oxygens (including phenoxy) is 2. The van der Waals surface area contributed by atoms with E-state index in [0.717, 1.165) is 5.56 Å². The Bertz CT molecular complexity index is 1000. The van der Waals surface area contributed by atoms with Gasteiger partial charge in [0.2, 0.25) is 0 Å². The Kier molecular flexibility index (Phi) is 7.89. The average Bonchev–Trinajstić information content (AvgIpc) is 2.76. The van der Waals surface area contributed by atoms with Gasteiger partial charge in [-0.1, -0.05) is 50.2 Å². The Labute approximate surface area is 174 Å². The third-order valence-corrected chi connectivity index (χ3v) is 4.20. The molecule has 0 aliphatic heterocycles. The molecule has 0 radical (unpaired) electrons. The molecule has 0 unspecified atom stereocenters. The second kappa shape index (κ2) is 10.6. The zero-order valence-corrected chi connectivity index (χ0v) is 17.0. The first-order valence-electron chi connectivity index (χ1n) is 9.21. The molecule has 7 heteroatoms. The number of hydrogen-bond donors (Lipinski definition) is 1. The summed E-state index contributed by atoms with van der Waals surface area (Å²) < 4.78 is 9.59. The Balaban J connectivity index is 2.01. The van der Waals surface area contributed by atoms with E-state index in [1.807, 2.05) is 12.1 Å². The first kappa shape index (κ1) is 22.4. The van der Waals surface area contributed by atoms with Gasteiger partial charge in [0, 0.05) is 0 Å². The van der Waals surface area contributed by atoms with Crippen LogP contribution in [0.2, 0.25) is 0 Å². The lowest BCUT2D eigenvalue weighted by molar-refractivity contribution is -0.142. The molecule has 7 nitrogen and oxygen atoms in total. The van der Waals surface area contributed by atoms with Crippen LogP contribution in [0.4, 0.5) is 5.69 Å². The van der Waals surface area contributed by atoms with Gasteiger partial charge in [-0.25, -0.2) is 9.59 Å². The molecule has 0 heterocycles. The van der Waals surface area contributed by atoms with Gasteiger partial charge in [-0.15, -0.1) is 0 Å². The summed E-state index contributed by atoms with van der Waals surface area (Å²) in [6.45, 7) is 3.52. The van der Waals surface area contributed by atoms with Crippen LogP contribution < -0.4 is 5.32 Å². The number of anilines is 1. The molecule has 0 spiro atoms. The van der Waals surface area contributed by atoms with Crippen LogP contribution in [0.3, 0.4) is 0 Å². The Hall–Kier alpha value is -3.92. The molecule has 154 valence electrons. The van der Waals surface area contributed by atoms with Gasteiger partial charge in [-0.2, -0.15) is 5.26 Å². The lowest BCUT2D eigenvalue weighted by atomic mass is 10.0. The van der Waals surface area contributed by atoms with E-state index in [4.69, 9.17) is 4.74 Å². The van der Waals surface area contributed by atoms with E-state index >= 15 is 0 Å². The van der Waals surface area contributed by atoms with E-state index in [0.29, 0.717) is 11.5 Å². The highest BCUT2D eigenvalue weighted by molar-refractivity contribution is 6.03. The molecule has 1 amide bonds. The number of nitrogens with one attached hydrogen (secondary N) is 1. The number of nitriles is 1. The van der Waals surface area contributed by atoms with Crippen molar-refractivity contribution in [2.24, 2.45) is 0 Å². The summed E-state index contributed by atoms with van der Waals surface area (Å²) in [5.74, 6) is -1.81. The smallest absolute Gasteiger partial charge is 0.349 e. The first-order chi connectivity index (χ1) is 14.3. The van der Waals surface area contributed by atoms with Gasteiger partial charge in [0.05, 0.1) is 18.4 Å². The molecule has 0 aliphatic carbocycles. The summed E-state index contributed by atoms with van der Waals surface area (Å²) in [6.07, 6.45) is 1.40. The number of nitrogens with zero attached hydrogens (tertiary/aromatic N) is 1. The first-order valence-corrected chi connectivity index (χ1v) is 9.21. The standard InChI is InChI=1S/C23H22N2O5/c1-15(2)17-10-8-16(9-11-17)12-18(13-24)22(27)30-14-21(26)25-20-7-5-4-6-19(20)23(28)29-3/h4-12,15H,14H2,1-3H3,(H,25,26)/b18-12+. The van der Waals surface area contributed by atoms with Gasteiger partial charge >= 0.3 is 11.9 Å². The second-order valence-corrected chi connectivity index (χ2v) is 6.65. The zero-order chi connectivity index (χ0) is 22.1. The van der Waals surface area contributed by atoms with Crippen molar-refractivity contribution in [1.82, 2.24) is 0 Å². The van der Waals surface area contributed by atoms with Crippen molar-refractivity contribution in [2.45, 2.75) is 19.8 Å².